The monoisotopic (exact) mass is 415 g/mol. The maximum Gasteiger partial charge on any atom is 0.433 e. The molecule has 29 heavy (non-hydrogen) atoms. The average molecular weight is 415 g/mol. The van der Waals surface area contributed by atoms with E-state index in [0.29, 0.717) is 31.6 Å². The number of anilines is 1. The van der Waals surface area contributed by atoms with E-state index < -0.39 is 24.6 Å². The standard InChI is InChI=1S/C19H18F5N3O2/c20-17(21)29-16(13-8-25-4-3-14(13)28)11-5-18(6-11)9-27(10-18)12-1-2-15(26-7-12)19(22,23)24/h1-4,7-8,11,16-17H,5-6,9-10H2,(H,25,28). The summed E-state index contributed by atoms with van der Waals surface area (Å²) in [7, 11) is 0. The Hall–Kier alpha value is -2.49. The van der Waals surface area contributed by atoms with Crippen molar-refractivity contribution in [3.8, 4) is 0 Å². The first-order valence-corrected chi connectivity index (χ1v) is 9.06. The second kappa shape index (κ2) is 7.08. The van der Waals surface area contributed by atoms with E-state index in [-0.39, 0.29) is 22.3 Å². The van der Waals surface area contributed by atoms with E-state index in [1.807, 2.05) is 4.90 Å². The van der Waals surface area contributed by atoms with Gasteiger partial charge in [0.25, 0.3) is 0 Å². The molecule has 2 aromatic heterocycles. The predicted octanol–water partition coefficient (Wildman–Crippen LogP) is 3.99. The van der Waals surface area contributed by atoms with E-state index in [1.54, 1.807) is 0 Å². The molecule has 3 heterocycles. The largest absolute Gasteiger partial charge is 0.433 e. The lowest BCUT2D eigenvalue weighted by Gasteiger charge is -2.61. The van der Waals surface area contributed by atoms with Crippen LogP contribution in [0.15, 0.2) is 41.6 Å². The minimum atomic E-state index is -4.48. The number of H-pyrrole nitrogens is 1. The van der Waals surface area contributed by atoms with Crippen LogP contribution in [0.5, 0.6) is 0 Å². The maximum atomic E-state index is 12.9. The second-order valence-corrected chi connectivity index (χ2v) is 7.71. The molecule has 2 aliphatic rings. The highest BCUT2D eigenvalue weighted by Gasteiger charge is 2.55. The lowest BCUT2D eigenvalue weighted by Crippen LogP contribution is -2.63. The SMILES string of the molecule is O=c1cc[nH]cc1C(OC(F)F)C1CC2(C1)CN(c1ccc(C(F)(F)F)nc1)C2. The molecule has 0 amide bonds. The van der Waals surface area contributed by atoms with Crippen molar-refractivity contribution < 1.29 is 26.7 Å². The van der Waals surface area contributed by atoms with E-state index in [1.165, 1.54) is 30.7 Å². The van der Waals surface area contributed by atoms with Gasteiger partial charge in [-0.05, 0) is 30.9 Å². The van der Waals surface area contributed by atoms with Crippen molar-refractivity contribution >= 4 is 5.69 Å². The Bertz CT molecular complexity index is 914. The molecule has 5 nitrogen and oxygen atoms in total. The zero-order valence-corrected chi connectivity index (χ0v) is 15.1. The Morgan fingerprint density at radius 3 is 2.48 bits per heavy atom. The first kappa shape index (κ1) is 19.8. The van der Waals surface area contributed by atoms with Crippen molar-refractivity contribution in [2.24, 2.45) is 11.3 Å². The van der Waals surface area contributed by atoms with Gasteiger partial charge >= 0.3 is 12.8 Å². The summed E-state index contributed by atoms with van der Waals surface area (Å²) < 4.78 is 68.4. The quantitative estimate of drug-likeness (QED) is 0.751. The van der Waals surface area contributed by atoms with Crippen LogP contribution in [0.25, 0.3) is 0 Å². The Labute approximate surface area is 162 Å². The number of aromatic nitrogens is 2. The van der Waals surface area contributed by atoms with Crippen LogP contribution in [0.3, 0.4) is 0 Å². The van der Waals surface area contributed by atoms with E-state index in [9.17, 15) is 26.7 Å². The Morgan fingerprint density at radius 2 is 1.93 bits per heavy atom. The number of hydrogen-bond acceptors (Lipinski definition) is 4. The lowest BCUT2D eigenvalue weighted by atomic mass is 9.55. The summed E-state index contributed by atoms with van der Waals surface area (Å²) in [6.45, 7) is -1.79. The molecule has 1 saturated heterocycles. The molecule has 2 fully saturated rings. The van der Waals surface area contributed by atoms with Gasteiger partial charge in [0.2, 0.25) is 0 Å². The van der Waals surface area contributed by atoms with Crippen LogP contribution < -0.4 is 10.3 Å². The first-order chi connectivity index (χ1) is 13.7. The summed E-state index contributed by atoms with van der Waals surface area (Å²) in [5.74, 6) is -0.222. The molecular formula is C19H18F5N3O2. The number of nitrogens with zero attached hydrogens (tertiary/aromatic N) is 2. The summed E-state index contributed by atoms with van der Waals surface area (Å²) in [5.41, 5.74) is -0.636. The van der Waals surface area contributed by atoms with Crippen molar-refractivity contribution in [3.05, 3.63) is 58.3 Å². The Kier molecular flexibility index (Phi) is 4.84. The minimum Gasteiger partial charge on any atom is -0.369 e. The molecule has 1 saturated carbocycles. The molecule has 0 radical (unpaired) electrons. The zero-order valence-electron chi connectivity index (χ0n) is 15.1. The smallest absolute Gasteiger partial charge is 0.369 e. The molecule has 156 valence electrons. The van der Waals surface area contributed by atoms with Crippen LogP contribution in [-0.2, 0) is 10.9 Å². The molecule has 1 unspecified atom stereocenters. The van der Waals surface area contributed by atoms with Crippen molar-refractivity contribution in [3.63, 3.8) is 0 Å². The Morgan fingerprint density at radius 1 is 1.21 bits per heavy atom. The van der Waals surface area contributed by atoms with Gasteiger partial charge in [0.05, 0.1) is 18.0 Å². The molecule has 1 N–H and O–H groups in total. The molecule has 0 aromatic carbocycles. The number of alkyl halides is 5. The summed E-state index contributed by atoms with van der Waals surface area (Å²) in [6.07, 6.45) is -0.265. The normalized spacial score (nSPS) is 19.9. The fourth-order valence-corrected chi connectivity index (χ4v) is 4.41. The number of rotatable bonds is 5. The van der Waals surface area contributed by atoms with Gasteiger partial charge in [-0.15, -0.1) is 0 Å². The molecule has 1 aliphatic carbocycles. The molecular weight excluding hydrogens is 397 g/mol. The van der Waals surface area contributed by atoms with Gasteiger partial charge in [0.1, 0.15) is 5.69 Å². The van der Waals surface area contributed by atoms with Gasteiger partial charge in [-0.3, -0.25) is 4.79 Å². The molecule has 4 rings (SSSR count). The number of hydrogen-bond donors (Lipinski definition) is 1. The third-order valence-corrected chi connectivity index (χ3v) is 5.68. The van der Waals surface area contributed by atoms with Crippen LogP contribution in [0.2, 0.25) is 0 Å². The van der Waals surface area contributed by atoms with Crippen LogP contribution in [0, 0.1) is 11.3 Å². The predicted molar refractivity (Wildman–Crippen MR) is 93.5 cm³/mol. The van der Waals surface area contributed by atoms with Gasteiger partial charge in [-0.2, -0.15) is 22.0 Å². The molecule has 1 aliphatic heterocycles. The number of aromatic amines is 1. The number of pyridine rings is 2. The van der Waals surface area contributed by atoms with Gasteiger partial charge in [0, 0.05) is 42.5 Å². The van der Waals surface area contributed by atoms with Crippen molar-refractivity contribution in [1.29, 1.82) is 0 Å². The number of nitrogens with one attached hydrogen (secondary N) is 1. The summed E-state index contributed by atoms with van der Waals surface area (Å²) in [4.78, 5) is 20.1. The molecule has 0 bridgehead atoms. The van der Waals surface area contributed by atoms with E-state index in [4.69, 9.17) is 4.74 Å². The van der Waals surface area contributed by atoms with Crippen LogP contribution >= 0.6 is 0 Å². The van der Waals surface area contributed by atoms with Crippen LogP contribution in [0.1, 0.15) is 30.2 Å². The topological polar surface area (TPSA) is 58.2 Å². The first-order valence-electron chi connectivity index (χ1n) is 9.06. The summed E-state index contributed by atoms with van der Waals surface area (Å²) in [5, 5.41) is 0. The molecule has 2 aromatic rings. The van der Waals surface area contributed by atoms with Gasteiger partial charge in [-0.25, -0.2) is 4.98 Å². The van der Waals surface area contributed by atoms with Gasteiger partial charge < -0.3 is 14.6 Å². The fraction of sp³-hybridized carbons (Fsp3) is 0.474. The van der Waals surface area contributed by atoms with E-state index in [2.05, 4.69) is 9.97 Å². The highest BCUT2D eigenvalue weighted by Crippen LogP contribution is 2.57. The third kappa shape index (κ3) is 3.85. The zero-order chi connectivity index (χ0) is 20.8. The second-order valence-electron chi connectivity index (χ2n) is 7.71. The minimum absolute atomic E-state index is 0.0986. The molecule has 1 atom stereocenters. The van der Waals surface area contributed by atoms with E-state index in [0.717, 1.165) is 6.07 Å². The summed E-state index contributed by atoms with van der Waals surface area (Å²) in [6, 6.07) is 3.59. The molecule has 10 heteroatoms. The third-order valence-electron chi connectivity index (χ3n) is 5.68. The fourth-order valence-electron chi connectivity index (χ4n) is 4.41. The lowest BCUT2D eigenvalue weighted by molar-refractivity contribution is -0.201. The number of ether oxygens (including phenoxy) is 1. The van der Waals surface area contributed by atoms with Crippen molar-refractivity contribution in [2.75, 3.05) is 18.0 Å². The Balaban J connectivity index is 1.39. The maximum absolute atomic E-state index is 12.9. The van der Waals surface area contributed by atoms with Gasteiger partial charge in [-0.1, -0.05) is 0 Å². The van der Waals surface area contributed by atoms with Crippen LogP contribution in [0.4, 0.5) is 27.6 Å². The molecule has 1 spiro atoms. The van der Waals surface area contributed by atoms with Crippen LogP contribution in [-0.4, -0.2) is 29.7 Å². The van der Waals surface area contributed by atoms with Crippen molar-refractivity contribution in [2.45, 2.75) is 31.7 Å². The van der Waals surface area contributed by atoms with Crippen molar-refractivity contribution in [1.82, 2.24) is 9.97 Å². The highest BCUT2D eigenvalue weighted by atomic mass is 19.4. The number of halogens is 5. The highest BCUT2D eigenvalue weighted by molar-refractivity contribution is 5.49. The summed E-state index contributed by atoms with van der Waals surface area (Å²) >= 11 is 0. The van der Waals surface area contributed by atoms with Gasteiger partial charge in [0.15, 0.2) is 5.43 Å². The average Bonchev–Trinajstić information content (AvgIpc) is 2.58. The van der Waals surface area contributed by atoms with E-state index >= 15 is 0 Å².